The lowest BCUT2D eigenvalue weighted by Crippen LogP contribution is -2.16. The minimum absolute atomic E-state index is 0.0940. The van der Waals surface area contributed by atoms with E-state index in [9.17, 15) is 0 Å². The van der Waals surface area contributed by atoms with Crippen molar-refractivity contribution in [3.63, 3.8) is 0 Å². The Kier molecular flexibility index (Phi) is 6.78. The number of hydrogen-bond acceptors (Lipinski definition) is 2. The minimum atomic E-state index is -0.0940. The highest BCUT2D eigenvalue weighted by Crippen LogP contribution is 2.55. The minimum Gasteiger partial charge on any atom is -0.308 e. The Labute approximate surface area is 302 Å². The van der Waals surface area contributed by atoms with Gasteiger partial charge in [-0.1, -0.05) is 153 Å². The second-order valence-corrected chi connectivity index (χ2v) is 15.2. The smallest absolute Gasteiger partial charge is 0.0640 e. The van der Waals surface area contributed by atoms with E-state index >= 15 is 0 Å². The van der Waals surface area contributed by atoms with E-state index in [0.717, 1.165) is 5.69 Å². The van der Waals surface area contributed by atoms with Gasteiger partial charge in [0.2, 0.25) is 0 Å². The molecule has 0 saturated carbocycles. The highest BCUT2D eigenvalue weighted by Gasteiger charge is 2.38. The van der Waals surface area contributed by atoms with Crippen LogP contribution in [-0.2, 0) is 5.41 Å². The molecule has 51 heavy (non-hydrogen) atoms. The van der Waals surface area contributed by atoms with Crippen LogP contribution in [0, 0.1) is 0 Å². The van der Waals surface area contributed by atoms with Gasteiger partial charge in [-0.3, -0.25) is 0 Å². The van der Waals surface area contributed by atoms with Gasteiger partial charge in [0, 0.05) is 32.1 Å². The molecular weight excluding hydrogens is 635 g/mol. The van der Waals surface area contributed by atoms with Gasteiger partial charge in [-0.25, -0.2) is 0 Å². The molecule has 1 aliphatic carbocycles. The fraction of sp³-hybridized carbons (Fsp3) is 0.0612. The molecule has 0 amide bonds. The van der Waals surface area contributed by atoms with Crippen LogP contribution in [0.1, 0.15) is 25.0 Å². The molecule has 0 unspecified atom stereocenters. The summed E-state index contributed by atoms with van der Waals surface area (Å²) in [5.41, 5.74) is 13.8. The summed E-state index contributed by atoms with van der Waals surface area (Å²) in [4.78, 5) is 2.51. The maximum absolute atomic E-state index is 2.51. The van der Waals surface area contributed by atoms with Gasteiger partial charge in [0.15, 0.2) is 0 Å². The molecule has 0 bridgehead atoms. The predicted octanol–water partition coefficient (Wildman–Crippen LogP) is 14.3. The van der Waals surface area contributed by atoms with E-state index in [1.54, 1.807) is 0 Å². The van der Waals surface area contributed by atoms with E-state index in [1.807, 2.05) is 11.3 Å². The molecular formula is C49H35NS. The average molecular weight is 670 g/mol. The molecule has 0 spiro atoms. The molecule has 0 fully saturated rings. The number of rotatable bonds is 5. The zero-order valence-electron chi connectivity index (χ0n) is 28.6. The standard InChI is InChI=1S/C49H35NS/c1-49(2)42-21-9-8-18-40(42)47-43(49)22-12-23-44(47)50(36-28-25-34(26-29-36)38-19-10-16-33-15-6-7-17-37(33)38)45-24-11-20-39-41-31-35(32-13-4-3-5-14-32)27-30-46(41)51-48(39)45/h3-31H,1-2H3. The van der Waals surface area contributed by atoms with Crippen LogP contribution in [0.4, 0.5) is 17.1 Å². The van der Waals surface area contributed by atoms with Crippen molar-refractivity contribution in [1.82, 2.24) is 0 Å². The van der Waals surface area contributed by atoms with E-state index < -0.39 is 0 Å². The van der Waals surface area contributed by atoms with Crippen molar-refractivity contribution in [2.45, 2.75) is 19.3 Å². The lowest BCUT2D eigenvalue weighted by molar-refractivity contribution is 0.660. The zero-order chi connectivity index (χ0) is 34.1. The van der Waals surface area contributed by atoms with Crippen molar-refractivity contribution in [1.29, 1.82) is 0 Å². The van der Waals surface area contributed by atoms with Crippen molar-refractivity contribution in [2.75, 3.05) is 4.90 Å². The van der Waals surface area contributed by atoms with Crippen LogP contribution in [0.25, 0.3) is 64.3 Å². The molecule has 10 rings (SSSR count). The van der Waals surface area contributed by atoms with Crippen molar-refractivity contribution < 1.29 is 0 Å². The van der Waals surface area contributed by atoms with Gasteiger partial charge < -0.3 is 4.90 Å². The van der Waals surface area contributed by atoms with Crippen LogP contribution in [0.2, 0.25) is 0 Å². The van der Waals surface area contributed by atoms with Crippen molar-refractivity contribution >= 4 is 59.3 Å². The van der Waals surface area contributed by atoms with Crippen LogP contribution >= 0.6 is 11.3 Å². The number of nitrogens with zero attached hydrogens (tertiary/aromatic N) is 1. The molecule has 8 aromatic carbocycles. The molecule has 0 saturated heterocycles. The van der Waals surface area contributed by atoms with Crippen LogP contribution in [0.15, 0.2) is 176 Å². The third-order valence-corrected chi connectivity index (χ3v) is 12.1. The second-order valence-electron chi connectivity index (χ2n) is 14.1. The first-order valence-electron chi connectivity index (χ1n) is 17.7. The summed E-state index contributed by atoms with van der Waals surface area (Å²) in [7, 11) is 0. The highest BCUT2D eigenvalue weighted by atomic mass is 32.1. The largest absolute Gasteiger partial charge is 0.308 e. The lowest BCUT2D eigenvalue weighted by atomic mass is 9.82. The van der Waals surface area contributed by atoms with Gasteiger partial charge in [-0.15, -0.1) is 11.3 Å². The number of benzene rings is 8. The van der Waals surface area contributed by atoms with Crippen LogP contribution in [0.5, 0.6) is 0 Å². The normalized spacial score (nSPS) is 13.1. The summed E-state index contributed by atoms with van der Waals surface area (Å²) < 4.78 is 2.59. The Hall–Kier alpha value is -5.96. The summed E-state index contributed by atoms with van der Waals surface area (Å²) in [6.07, 6.45) is 0. The first-order valence-corrected chi connectivity index (χ1v) is 18.5. The van der Waals surface area contributed by atoms with Crippen LogP contribution in [-0.4, -0.2) is 0 Å². The summed E-state index contributed by atoms with van der Waals surface area (Å²) in [6, 6.07) is 64.8. The molecule has 0 radical (unpaired) electrons. The number of thiophene rings is 1. The Morgan fingerprint density at radius 3 is 1.98 bits per heavy atom. The van der Waals surface area contributed by atoms with Gasteiger partial charge >= 0.3 is 0 Å². The van der Waals surface area contributed by atoms with Gasteiger partial charge in [-0.05, 0) is 86.1 Å². The number of anilines is 3. The number of fused-ring (bicyclic) bond motifs is 7. The molecule has 0 atom stereocenters. The maximum atomic E-state index is 2.51. The topological polar surface area (TPSA) is 3.24 Å². The first-order chi connectivity index (χ1) is 25.1. The monoisotopic (exact) mass is 669 g/mol. The molecule has 0 N–H and O–H groups in total. The number of hydrogen-bond donors (Lipinski definition) is 0. The third kappa shape index (κ3) is 4.67. The molecule has 1 aromatic heterocycles. The predicted molar refractivity (Wildman–Crippen MR) is 220 cm³/mol. The average Bonchev–Trinajstić information content (AvgIpc) is 3.68. The molecule has 9 aromatic rings. The Morgan fingerprint density at radius 2 is 1.10 bits per heavy atom. The van der Waals surface area contributed by atoms with Gasteiger partial charge in [0.25, 0.3) is 0 Å². The Balaban J connectivity index is 1.21. The first kappa shape index (κ1) is 29.9. The van der Waals surface area contributed by atoms with Gasteiger partial charge in [0.05, 0.1) is 16.1 Å². The molecule has 0 aliphatic heterocycles. The lowest BCUT2D eigenvalue weighted by Gasteiger charge is -2.29. The van der Waals surface area contributed by atoms with E-state index in [4.69, 9.17) is 0 Å². The van der Waals surface area contributed by atoms with Crippen molar-refractivity contribution in [2.24, 2.45) is 0 Å². The Bertz CT molecular complexity index is 2770. The summed E-state index contributed by atoms with van der Waals surface area (Å²) in [5.74, 6) is 0. The second kappa shape index (κ2) is 11.6. The molecule has 1 heterocycles. The summed E-state index contributed by atoms with van der Waals surface area (Å²) in [6.45, 7) is 4.73. The van der Waals surface area contributed by atoms with Crippen LogP contribution < -0.4 is 4.90 Å². The molecule has 242 valence electrons. The molecule has 2 heteroatoms. The molecule has 1 nitrogen and oxygen atoms in total. The third-order valence-electron chi connectivity index (χ3n) is 10.9. The molecule has 1 aliphatic rings. The highest BCUT2D eigenvalue weighted by molar-refractivity contribution is 7.26. The van der Waals surface area contributed by atoms with E-state index in [1.165, 1.54) is 86.8 Å². The van der Waals surface area contributed by atoms with Crippen LogP contribution in [0.3, 0.4) is 0 Å². The van der Waals surface area contributed by atoms with E-state index in [2.05, 4.69) is 195 Å². The quantitative estimate of drug-likeness (QED) is 0.176. The van der Waals surface area contributed by atoms with Gasteiger partial charge in [0.1, 0.15) is 0 Å². The van der Waals surface area contributed by atoms with Crippen molar-refractivity contribution in [3.8, 4) is 33.4 Å². The van der Waals surface area contributed by atoms with Gasteiger partial charge in [-0.2, -0.15) is 0 Å². The zero-order valence-corrected chi connectivity index (χ0v) is 29.4. The van der Waals surface area contributed by atoms with E-state index in [0.29, 0.717) is 0 Å². The summed E-state index contributed by atoms with van der Waals surface area (Å²) >= 11 is 1.89. The van der Waals surface area contributed by atoms with Crippen molar-refractivity contribution in [3.05, 3.63) is 187 Å². The SMILES string of the molecule is CC1(C)c2ccccc2-c2c(N(c3ccc(-c4cccc5ccccc45)cc3)c3cccc4c3sc3ccc(-c5ccccc5)cc34)cccc21. The fourth-order valence-corrected chi connectivity index (χ4v) is 9.55. The Morgan fingerprint density at radius 1 is 0.451 bits per heavy atom. The fourth-order valence-electron chi connectivity index (χ4n) is 8.37. The maximum Gasteiger partial charge on any atom is 0.0640 e. The van der Waals surface area contributed by atoms with E-state index in [-0.39, 0.29) is 5.41 Å². The summed E-state index contributed by atoms with van der Waals surface area (Å²) in [5, 5.41) is 5.12.